The Balaban J connectivity index is 1.19. The highest BCUT2D eigenvalue weighted by Crippen LogP contribution is 2.22. The minimum atomic E-state index is -0.0204. The third-order valence-electron chi connectivity index (χ3n) is 4.75. The van der Waals surface area contributed by atoms with Crippen LogP contribution in [0.4, 0.5) is 0 Å². The standard InChI is InChI=1S/C22H23N3O2S/c26-20(6-3-7-21-25-18-4-1-2-5-19(18)28-21)23-14-15-8-10-16(11-9-15)22(27)24-17-12-13-17/h1-2,4-5,8-11,17H,3,6-7,12-14H2,(H,23,26)(H,24,27). The van der Waals surface area contributed by atoms with E-state index < -0.39 is 0 Å². The number of hydrogen-bond donors (Lipinski definition) is 2. The fourth-order valence-electron chi connectivity index (χ4n) is 2.99. The molecule has 0 spiro atoms. The Hall–Kier alpha value is -2.73. The molecule has 2 N–H and O–H groups in total. The van der Waals surface area contributed by atoms with E-state index in [1.165, 1.54) is 4.70 Å². The molecule has 1 aliphatic rings. The van der Waals surface area contributed by atoms with Crippen molar-refractivity contribution < 1.29 is 9.59 Å². The molecule has 144 valence electrons. The van der Waals surface area contributed by atoms with Gasteiger partial charge in [0.2, 0.25) is 5.91 Å². The van der Waals surface area contributed by atoms with E-state index in [1.807, 2.05) is 42.5 Å². The van der Waals surface area contributed by atoms with Gasteiger partial charge >= 0.3 is 0 Å². The van der Waals surface area contributed by atoms with Gasteiger partial charge in [0, 0.05) is 24.6 Å². The van der Waals surface area contributed by atoms with Gasteiger partial charge in [0.1, 0.15) is 0 Å². The third kappa shape index (κ3) is 4.95. The summed E-state index contributed by atoms with van der Waals surface area (Å²) in [6, 6.07) is 15.9. The Bertz CT molecular complexity index is 944. The highest BCUT2D eigenvalue weighted by molar-refractivity contribution is 7.18. The maximum Gasteiger partial charge on any atom is 0.251 e. The molecule has 28 heavy (non-hydrogen) atoms. The second-order valence-corrected chi connectivity index (χ2v) is 8.27. The van der Waals surface area contributed by atoms with Crippen molar-refractivity contribution in [2.75, 3.05) is 0 Å². The summed E-state index contributed by atoms with van der Waals surface area (Å²) >= 11 is 1.69. The molecule has 4 rings (SSSR count). The molecule has 1 aromatic heterocycles. The number of hydrogen-bond acceptors (Lipinski definition) is 4. The van der Waals surface area contributed by atoms with Crippen molar-refractivity contribution in [2.24, 2.45) is 0 Å². The number of aryl methyl sites for hydroxylation is 1. The molecule has 2 aromatic carbocycles. The first-order valence-corrected chi connectivity index (χ1v) is 10.5. The van der Waals surface area contributed by atoms with Crippen LogP contribution >= 0.6 is 11.3 Å². The van der Waals surface area contributed by atoms with Crippen LogP contribution in [0.1, 0.15) is 46.6 Å². The van der Waals surface area contributed by atoms with Crippen LogP contribution in [0.5, 0.6) is 0 Å². The topological polar surface area (TPSA) is 71.1 Å². The summed E-state index contributed by atoms with van der Waals surface area (Å²) in [7, 11) is 0. The van der Waals surface area contributed by atoms with Gasteiger partial charge < -0.3 is 10.6 Å². The molecule has 1 heterocycles. The van der Waals surface area contributed by atoms with Crippen molar-refractivity contribution in [2.45, 2.75) is 44.7 Å². The average molecular weight is 394 g/mol. The van der Waals surface area contributed by atoms with Crippen molar-refractivity contribution >= 4 is 33.4 Å². The molecule has 6 heteroatoms. The van der Waals surface area contributed by atoms with E-state index in [-0.39, 0.29) is 11.8 Å². The number of amides is 2. The third-order valence-corrected chi connectivity index (χ3v) is 5.85. The molecular weight excluding hydrogens is 370 g/mol. The summed E-state index contributed by atoms with van der Waals surface area (Å²) in [4.78, 5) is 28.7. The highest BCUT2D eigenvalue weighted by atomic mass is 32.1. The van der Waals surface area contributed by atoms with Crippen molar-refractivity contribution in [1.82, 2.24) is 15.6 Å². The molecule has 1 aliphatic carbocycles. The second kappa shape index (κ2) is 8.52. The first kappa shape index (κ1) is 18.6. The summed E-state index contributed by atoms with van der Waals surface area (Å²) < 4.78 is 1.19. The Morgan fingerprint density at radius 2 is 1.86 bits per heavy atom. The molecule has 1 saturated carbocycles. The number of nitrogens with one attached hydrogen (secondary N) is 2. The van der Waals surface area contributed by atoms with Gasteiger partial charge in [-0.25, -0.2) is 4.98 Å². The number of fused-ring (bicyclic) bond motifs is 1. The second-order valence-electron chi connectivity index (χ2n) is 7.15. The van der Waals surface area contributed by atoms with Gasteiger partial charge in [-0.05, 0) is 55.5 Å². The fourth-order valence-corrected chi connectivity index (χ4v) is 4.00. The number of carbonyl (C=O) groups is 2. The largest absolute Gasteiger partial charge is 0.352 e. The van der Waals surface area contributed by atoms with Crippen LogP contribution in [0.25, 0.3) is 10.2 Å². The molecular formula is C22H23N3O2S. The van der Waals surface area contributed by atoms with Crippen LogP contribution in [-0.2, 0) is 17.8 Å². The molecule has 0 aliphatic heterocycles. The van der Waals surface area contributed by atoms with Gasteiger partial charge in [0.05, 0.1) is 15.2 Å². The molecule has 0 saturated heterocycles. The number of rotatable bonds is 8. The number of benzene rings is 2. The molecule has 0 unspecified atom stereocenters. The van der Waals surface area contributed by atoms with Crippen molar-refractivity contribution in [3.63, 3.8) is 0 Å². The first-order valence-electron chi connectivity index (χ1n) is 9.68. The predicted octanol–water partition coefficient (Wildman–Crippen LogP) is 3.83. The number of nitrogens with zero attached hydrogens (tertiary/aromatic N) is 1. The fraction of sp³-hybridized carbons (Fsp3) is 0.318. The Morgan fingerprint density at radius 3 is 2.61 bits per heavy atom. The van der Waals surface area contributed by atoms with Crippen molar-refractivity contribution in [3.05, 3.63) is 64.7 Å². The SMILES string of the molecule is O=C(CCCc1nc2ccccc2s1)NCc1ccc(C(=O)NC2CC2)cc1. The minimum Gasteiger partial charge on any atom is -0.352 e. The zero-order valence-corrected chi connectivity index (χ0v) is 16.4. The van der Waals surface area contributed by atoms with Crippen LogP contribution in [-0.4, -0.2) is 22.8 Å². The minimum absolute atomic E-state index is 0.0204. The molecule has 1 fully saturated rings. The Labute approximate surface area is 168 Å². The first-order chi connectivity index (χ1) is 13.7. The van der Waals surface area contributed by atoms with Crippen molar-refractivity contribution in [3.8, 4) is 0 Å². The van der Waals surface area contributed by atoms with E-state index in [0.29, 0.717) is 24.6 Å². The lowest BCUT2D eigenvalue weighted by Gasteiger charge is -2.07. The number of para-hydroxylation sites is 1. The van der Waals surface area contributed by atoms with E-state index in [9.17, 15) is 9.59 Å². The lowest BCUT2D eigenvalue weighted by Crippen LogP contribution is -2.25. The van der Waals surface area contributed by atoms with Gasteiger partial charge in [0.15, 0.2) is 0 Å². The van der Waals surface area contributed by atoms with Gasteiger partial charge in [-0.1, -0.05) is 24.3 Å². The van der Waals surface area contributed by atoms with E-state index >= 15 is 0 Å². The molecule has 3 aromatic rings. The summed E-state index contributed by atoms with van der Waals surface area (Å²) in [6.45, 7) is 0.477. The molecule has 0 atom stereocenters. The normalized spacial score (nSPS) is 13.4. The molecule has 0 bridgehead atoms. The van der Waals surface area contributed by atoms with Crippen molar-refractivity contribution in [1.29, 1.82) is 0 Å². The lowest BCUT2D eigenvalue weighted by molar-refractivity contribution is -0.121. The average Bonchev–Trinajstić information content (AvgIpc) is 3.42. The molecule has 2 amide bonds. The zero-order valence-electron chi connectivity index (χ0n) is 15.6. The van der Waals surface area contributed by atoms with Crippen LogP contribution in [0.15, 0.2) is 48.5 Å². The summed E-state index contributed by atoms with van der Waals surface area (Å²) in [5, 5.41) is 7.00. The molecule has 0 radical (unpaired) electrons. The Morgan fingerprint density at radius 1 is 1.07 bits per heavy atom. The number of carbonyl (C=O) groups excluding carboxylic acids is 2. The van der Waals surface area contributed by atoms with Gasteiger partial charge in [0.25, 0.3) is 5.91 Å². The van der Waals surface area contributed by atoms with E-state index in [2.05, 4.69) is 21.7 Å². The summed E-state index contributed by atoms with van der Waals surface area (Å²) in [6.07, 6.45) is 4.24. The van der Waals surface area contributed by atoms with E-state index in [1.54, 1.807) is 11.3 Å². The van der Waals surface area contributed by atoms with E-state index in [4.69, 9.17) is 0 Å². The number of aromatic nitrogens is 1. The quantitative estimate of drug-likeness (QED) is 0.611. The number of thiazole rings is 1. The van der Waals surface area contributed by atoms with Crippen LogP contribution < -0.4 is 10.6 Å². The predicted molar refractivity (Wildman–Crippen MR) is 111 cm³/mol. The van der Waals surface area contributed by atoms with Gasteiger partial charge in [-0.3, -0.25) is 9.59 Å². The van der Waals surface area contributed by atoms with Crippen LogP contribution in [0.2, 0.25) is 0 Å². The van der Waals surface area contributed by atoms with E-state index in [0.717, 1.165) is 41.8 Å². The maximum atomic E-state index is 12.1. The monoisotopic (exact) mass is 393 g/mol. The van der Waals surface area contributed by atoms with Crippen LogP contribution in [0, 0.1) is 0 Å². The van der Waals surface area contributed by atoms with Gasteiger partial charge in [-0.15, -0.1) is 11.3 Å². The smallest absolute Gasteiger partial charge is 0.251 e. The summed E-state index contributed by atoms with van der Waals surface area (Å²) in [5.41, 5.74) is 2.68. The maximum absolute atomic E-state index is 12.1. The lowest BCUT2D eigenvalue weighted by atomic mass is 10.1. The highest BCUT2D eigenvalue weighted by Gasteiger charge is 2.23. The Kier molecular flexibility index (Phi) is 5.67. The molecule has 5 nitrogen and oxygen atoms in total. The summed E-state index contributed by atoms with van der Waals surface area (Å²) in [5.74, 6) is 0.0181. The zero-order chi connectivity index (χ0) is 19.3. The van der Waals surface area contributed by atoms with Gasteiger partial charge in [-0.2, -0.15) is 0 Å². The van der Waals surface area contributed by atoms with Crippen LogP contribution in [0.3, 0.4) is 0 Å².